The summed E-state index contributed by atoms with van der Waals surface area (Å²) < 4.78 is 26.7. The van der Waals surface area contributed by atoms with Gasteiger partial charge in [-0.2, -0.15) is 0 Å². The maximum absolute atomic E-state index is 13.1. The Morgan fingerprint density at radius 2 is 1.75 bits per heavy atom. The summed E-state index contributed by atoms with van der Waals surface area (Å²) in [6, 6.07) is 13.7. The summed E-state index contributed by atoms with van der Waals surface area (Å²) in [5.74, 6) is -0.0496. The number of sulfonamides is 1. The Morgan fingerprint density at radius 3 is 2.42 bits per heavy atom. The number of benzene rings is 2. The lowest BCUT2D eigenvalue weighted by Gasteiger charge is -2.27. The molecule has 1 saturated carbocycles. The van der Waals surface area contributed by atoms with Gasteiger partial charge in [-0.1, -0.05) is 0 Å². The van der Waals surface area contributed by atoms with E-state index in [1.54, 1.807) is 19.1 Å². The van der Waals surface area contributed by atoms with Crippen LogP contribution in [-0.2, 0) is 21.2 Å². The van der Waals surface area contributed by atoms with E-state index in [-0.39, 0.29) is 16.5 Å². The summed E-state index contributed by atoms with van der Waals surface area (Å²) in [6.45, 7) is 2.66. The standard InChI is InChI=1S/C25H24N4O5S2/c1-15-2-11-23(35-15)36(33,34)28-25(32)27-18-5-8-20(9-6-18)29-22(30)13-17-12-19(26-14-16-3-4-16)7-10-21(17)24(29)31/h2,5-12,16,26H,3-4,13-14H2,1H3,(H2,27,28,32). The Kier molecular flexibility index (Phi) is 6.27. The fourth-order valence-electron chi connectivity index (χ4n) is 3.96. The number of fused-ring (bicyclic) bond motifs is 1. The van der Waals surface area contributed by atoms with Gasteiger partial charge in [0.1, 0.15) is 4.21 Å². The van der Waals surface area contributed by atoms with Crippen LogP contribution in [0.3, 0.4) is 0 Å². The van der Waals surface area contributed by atoms with E-state index in [1.807, 2.05) is 16.9 Å². The zero-order valence-corrected chi connectivity index (χ0v) is 21.0. The van der Waals surface area contributed by atoms with Crippen molar-refractivity contribution in [2.75, 3.05) is 22.1 Å². The quantitative estimate of drug-likeness (QED) is 0.400. The average Bonchev–Trinajstić information content (AvgIpc) is 3.55. The van der Waals surface area contributed by atoms with Crippen molar-refractivity contribution >= 4 is 56.3 Å². The molecule has 5 rings (SSSR count). The first-order valence-corrected chi connectivity index (χ1v) is 13.7. The number of rotatable bonds is 7. The second-order valence-electron chi connectivity index (χ2n) is 8.88. The number of carbonyl (C=O) groups excluding carboxylic acids is 3. The first kappa shape index (κ1) is 24.0. The van der Waals surface area contributed by atoms with Crippen LogP contribution in [0.4, 0.5) is 21.9 Å². The molecule has 186 valence electrons. The van der Waals surface area contributed by atoms with Gasteiger partial charge >= 0.3 is 6.03 Å². The number of imide groups is 1. The number of urea groups is 1. The first-order valence-electron chi connectivity index (χ1n) is 11.4. The van der Waals surface area contributed by atoms with Crippen molar-refractivity contribution < 1.29 is 22.8 Å². The fraction of sp³-hybridized carbons (Fsp3) is 0.240. The van der Waals surface area contributed by atoms with Crippen LogP contribution in [0.15, 0.2) is 58.8 Å². The molecule has 36 heavy (non-hydrogen) atoms. The van der Waals surface area contributed by atoms with Crippen LogP contribution >= 0.6 is 11.3 Å². The summed E-state index contributed by atoms with van der Waals surface area (Å²) in [7, 11) is -3.98. The zero-order chi connectivity index (χ0) is 25.4. The summed E-state index contributed by atoms with van der Waals surface area (Å²) in [4.78, 5) is 40.1. The SMILES string of the molecule is Cc1ccc(S(=O)(=O)NC(=O)Nc2ccc(N3C(=O)Cc4cc(NCC5CC5)ccc4C3=O)cc2)s1. The predicted octanol–water partition coefficient (Wildman–Crippen LogP) is 4.12. The molecule has 2 aliphatic rings. The minimum Gasteiger partial charge on any atom is -0.385 e. The highest BCUT2D eigenvalue weighted by Crippen LogP contribution is 2.31. The van der Waals surface area contributed by atoms with E-state index in [4.69, 9.17) is 0 Å². The summed E-state index contributed by atoms with van der Waals surface area (Å²) in [6.07, 6.45) is 2.57. The molecule has 3 N–H and O–H groups in total. The van der Waals surface area contributed by atoms with E-state index in [0.29, 0.717) is 28.4 Å². The number of nitrogens with zero attached hydrogens (tertiary/aromatic N) is 1. The molecule has 0 atom stereocenters. The summed E-state index contributed by atoms with van der Waals surface area (Å²) in [5.41, 5.74) is 2.73. The normalized spacial score (nSPS) is 15.4. The molecule has 2 heterocycles. The lowest BCUT2D eigenvalue weighted by atomic mass is 9.97. The number of thiophene rings is 1. The van der Waals surface area contributed by atoms with E-state index in [2.05, 4.69) is 10.6 Å². The Hall–Kier alpha value is -3.70. The second kappa shape index (κ2) is 9.40. The Bertz CT molecular complexity index is 1460. The van der Waals surface area contributed by atoms with Gasteiger partial charge in [0, 0.05) is 28.4 Å². The fourth-order valence-corrected chi connectivity index (χ4v) is 6.15. The zero-order valence-electron chi connectivity index (χ0n) is 19.4. The molecule has 1 aromatic heterocycles. The number of hydrogen-bond donors (Lipinski definition) is 3. The first-order chi connectivity index (χ1) is 17.2. The maximum atomic E-state index is 13.1. The molecule has 11 heteroatoms. The van der Waals surface area contributed by atoms with E-state index in [9.17, 15) is 22.8 Å². The van der Waals surface area contributed by atoms with Crippen molar-refractivity contribution in [2.24, 2.45) is 5.92 Å². The highest BCUT2D eigenvalue weighted by Gasteiger charge is 2.32. The number of nitrogens with one attached hydrogen (secondary N) is 3. The highest BCUT2D eigenvalue weighted by molar-refractivity contribution is 7.92. The lowest BCUT2D eigenvalue weighted by Crippen LogP contribution is -2.42. The monoisotopic (exact) mass is 524 g/mol. The number of amides is 4. The molecule has 0 saturated heterocycles. The molecular weight excluding hydrogens is 500 g/mol. The molecule has 1 aliphatic carbocycles. The van der Waals surface area contributed by atoms with Crippen molar-refractivity contribution in [1.82, 2.24) is 4.72 Å². The van der Waals surface area contributed by atoms with Crippen LogP contribution in [0, 0.1) is 12.8 Å². The van der Waals surface area contributed by atoms with E-state index in [1.165, 1.54) is 43.2 Å². The minimum absolute atomic E-state index is 0.0405. The van der Waals surface area contributed by atoms with Crippen LogP contribution < -0.4 is 20.3 Å². The van der Waals surface area contributed by atoms with Gasteiger partial charge in [0.25, 0.3) is 15.9 Å². The topological polar surface area (TPSA) is 125 Å². The van der Waals surface area contributed by atoms with Gasteiger partial charge in [0.2, 0.25) is 5.91 Å². The smallest absolute Gasteiger partial charge is 0.333 e. The van der Waals surface area contributed by atoms with Gasteiger partial charge in [0.15, 0.2) is 0 Å². The summed E-state index contributed by atoms with van der Waals surface area (Å²) in [5, 5.41) is 5.82. The van der Waals surface area contributed by atoms with E-state index < -0.39 is 22.0 Å². The average molecular weight is 525 g/mol. The number of hydrogen-bond acceptors (Lipinski definition) is 7. The molecule has 0 radical (unpaired) electrons. The molecular formula is C25H24N4O5S2. The number of carbonyl (C=O) groups is 3. The van der Waals surface area contributed by atoms with Gasteiger partial charge in [-0.05, 0) is 85.8 Å². The second-order valence-corrected chi connectivity index (χ2v) is 12.1. The number of aryl methyl sites for hydroxylation is 1. The third kappa shape index (κ3) is 5.12. The van der Waals surface area contributed by atoms with Crippen molar-refractivity contribution in [2.45, 2.75) is 30.4 Å². The summed E-state index contributed by atoms with van der Waals surface area (Å²) >= 11 is 1.06. The maximum Gasteiger partial charge on any atom is 0.333 e. The van der Waals surface area contributed by atoms with E-state index in [0.717, 1.165) is 33.3 Å². The molecule has 9 nitrogen and oxygen atoms in total. The van der Waals surface area contributed by atoms with Crippen LogP contribution in [0.25, 0.3) is 0 Å². The molecule has 4 amide bonds. The molecule has 1 fully saturated rings. The van der Waals surface area contributed by atoms with Crippen LogP contribution in [0.2, 0.25) is 0 Å². The van der Waals surface area contributed by atoms with Crippen LogP contribution in [-0.4, -0.2) is 32.8 Å². The lowest BCUT2D eigenvalue weighted by molar-refractivity contribution is -0.117. The largest absolute Gasteiger partial charge is 0.385 e. The molecule has 1 aliphatic heterocycles. The predicted molar refractivity (Wildman–Crippen MR) is 138 cm³/mol. The third-order valence-corrected chi connectivity index (χ3v) is 8.84. The van der Waals surface area contributed by atoms with Crippen LogP contribution in [0.1, 0.15) is 33.6 Å². The third-order valence-electron chi connectivity index (χ3n) is 6.01. The molecule has 0 bridgehead atoms. The van der Waals surface area contributed by atoms with Crippen molar-refractivity contribution in [3.05, 3.63) is 70.6 Å². The van der Waals surface area contributed by atoms with Crippen molar-refractivity contribution in [3.8, 4) is 0 Å². The number of anilines is 3. The Labute approximate surface area is 212 Å². The van der Waals surface area contributed by atoms with Crippen molar-refractivity contribution in [1.29, 1.82) is 0 Å². The van der Waals surface area contributed by atoms with Crippen molar-refractivity contribution in [3.63, 3.8) is 0 Å². The van der Waals surface area contributed by atoms with Crippen LogP contribution in [0.5, 0.6) is 0 Å². The Balaban J connectivity index is 1.25. The molecule has 3 aromatic rings. The van der Waals surface area contributed by atoms with Gasteiger partial charge < -0.3 is 10.6 Å². The van der Waals surface area contributed by atoms with Gasteiger partial charge in [0.05, 0.1) is 12.1 Å². The van der Waals surface area contributed by atoms with Gasteiger partial charge in [-0.25, -0.2) is 22.8 Å². The highest BCUT2D eigenvalue weighted by atomic mass is 32.2. The molecule has 0 unspecified atom stereocenters. The Morgan fingerprint density at radius 1 is 1.03 bits per heavy atom. The molecule has 0 spiro atoms. The van der Waals surface area contributed by atoms with E-state index >= 15 is 0 Å². The molecule has 2 aromatic carbocycles. The minimum atomic E-state index is -3.98. The van der Waals surface area contributed by atoms with Gasteiger partial charge in [-0.15, -0.1) is 11.3 Å². The van der Waals surface area contributed by atoms with Gasteiger partial charge in [-0.3, -0.25) is 9.59 Å².